The smallest absolute Gasteiger partial charge is 0.258 e. The predicted molar refractivity (Wildman–Crippen MR) is 83.0 cm³/mol. The third-order valence-corrected chi connectivity index (χ3v) is 4.53. The molecule has 3 rings (SSSR count). The fraction of sp³-hybridized carbons (Fsp3) is 0.500. The number of rotatable bonds is 2. The summed E-state index contributed by atoms with van der Waals surface area (Å²) < 4.78 is 5.45. The van der Waals surface area contributed by atoms with Crippen LogP contribution in [0.3, 0.4) is 0 Å². The van der Waals surface area contributed by atoms with Crippen molar-refractivity contribution in [3.05, 3.63) is 34.6 Å². The van der Waals surface area contributed by atoms with Crippen LogP contribution < -0.4 is 5.73 Å². The van der Waals surface area contributed by atoms with Crippen molar-refractivity contribution in [1.82, 2.24) is 10.1 Å². The third-order valence-electron chi connectivity index (χ3n) is 4.30. The lowest BCUT2D eigenvalue weighted by molar-refractivity contribution is 0.334. The molecule has 1 aromatic heterocycles. The lowest BCUT2D eigenvalue weighted by Gasteiger charge is -2.23. The van der Waals surface area contributed by atoms with Crippen LogP contribution in [0.4, 0.5) is 0 Å². The van der Waals surface area contributed by atoms with Gasteiger partial charge in [0.15, 0.2) is 5.82 Å². The van der Waals surface area contributed by atoms with E-state index in [-0.39, 0.29) is 0 Å². The van der Waals surface area contributed by atoms with Gasteiger partial charge in [-0.2, -0.15) is 4.98 Å². The van der Waals surface area contributed by atoms with Crippen LogP contribution in [0.5, 0.6) is 0 Å². The van der Waals surface area contributed by atoms with Gasteiger partial charge in [0, 0.05) is 10.6 Å². The second-order valence-electron chi connectivity index (χ2n) is 5.95. The summed E-state index contributed by atoms with van der Waals surface area (Å²) in [5.41, 5.74) is 8.01. The summed E-state index contributed by atoms with van der Waals surface area (Å²) in [4.78, 5) is 4.56. The van der Waals surface area contributed by atoms with Crippen molar-refractivity contribution in [2.75, 3.05) is 0 Å². The van der Waals surface area contributed by atoms with Gasteiger partial charge in [-0.1, -0.05) is 48.5 Å². The average molecular weight is 306 g/mol. The molecule has 0 bridgehead atoms. The van der Waals surface area contributed by atoms with Crippen LogP contribution in [-0.4, -0.2) is 10.1 Å². The molecule has 0 amide bonds. The molecule has 4 nitrogen and oxygen atoms in total. The minimum absolute atomic E-state index is 0.454. The standard InChI is InChI=1S/C16H20ClN3O/c1-11-6-7-12(17)10-13(11)14-19-15(20-21-14)16(18)8-4-2-3-5-9-16/h6-7,10H,2-5,8-9,18H2,1H3. The monoisotopic (exact) mass is 305 g/mol. The highest BCUT2D eigenvalue weighted by atomic mass is 35.5. The molecule has 5 heteroatoms. The van der Waals surface area contributed by atoms with Gasteiger partial charge in [-0.25, -0.2) is 0 Å². The molecule has 0 atom stereocenters. The maximum atomic E-state index is 6.53. The molecule has 112 valence electrons. The third kappa shape index (κ3) is 2.97. The van der Waals surface area contributed by atoms with E-state index in [1.807, 2.05) is 25.1 Å². The Hall–Kier alpha value is -1.39. The van der Waals surface area contributed by atoms with Crippen molar-refractivity contribution < 1.29 is 4.52 Å². The van der Waals surface area contributed by atoms with Gasteiger partial charge >= 0.3 is 0 Å². The minimum atomic E-state index is -0.454. The van der Waals surface area contributed by atoms with Gasteiger partial charge in [0.2, 0.25) is 0 Å². The molecule has 0 radical (unpaired) electrons. The van der Waals surface area contributed by atoms with Crippen LogP contribution in [-0.2, 0) is 5.54 Å². The Morgan fingerprint density at radius 1 is 1.19 bits per heavy atom. The van der Waals surface area contributed by atoms with E-state index in [1.165, 1.54) is 12.8 Å². The number of aryl methyl sites for hydroxylation is 1. The molecule has 2 N–H and O–H groups in total. The Labute approximate surface area is 129 Å². The highest BCUT2D eigenvalue weighted by molar-refractivity contribution is 6.30. The number of benzene rings is 1. The minimum Gasteiger partial charge on any atom is -0.334 e. The zero-order valence-electron chi connectivity index (χ0n) is 12.2. The van der Waals surface area contributed by atoms with E-state index >= 15 is 0 Å². The Morgan fingerprint density at radius 2 is 1.90 bits per heavy atom. The first-order valence-electron chi connectivity index (χ1n) is 7.48. The Kier molecular flexibility index (Phi) is 4.00. The molecule has 1 saturated carbocycles. The molecule has 1 aromatic carbocycles. The number of nitrogens with zero attached hydrogens (tertiary/aromatic N) is 2. The van der Waals surface area contributed by atoms with E-state index in [2.05, 4.69) is 10.1 Å². The number of halogens is 1. The fourth-order valence-electron chi connectivity index (χ4n) is 2.94. The number of nitrogens with two attached hydrogens (primary N) is 1. The normalized spacial score (nSPS) is 18.4. The lowest BCUT2D eigenvalue weighted by Crippen LogP contribution is -2.37. The van der Waals surface area contributed by atoms with Crippen LogP contribution in [0, 0.1) is 6.92 Å². The Balaban J connectivity index is 1.94. The molecule has 1 aliphatic carbocycles. The van der Waals surface area contributed by atoms with Gasteiger partial charge in [-0.05, 0) is 37.5 Å². The van der Waals surface area contributed by atoms with E-state index in [0.29, 0.717) is 16.7 Å². The lowest BCUT2D eigenvalue weighted by atomic mass is 9.91. The van der Waals surface area contributed by atoms with Crippen molar-refractivity contribution >= 4 is 11.6 Å². The molecular formula is C16H20ClN3O. The molecule has 0 unspecified atom stereocenters. The summed E-state index contributed by atoms with van der Waals surface area (Å²) in [6.07, 6.45) is 6.54. The largest absolute Gasteiger partial charge is 0.334 e. The van der Waals surface area contributed by atoms with Crippen LogP contribution in [0.15, 0.2) is 22.7 Å². The highest BCUT2D eigenvalue weighted by Crippen LogP contribution is 2.34. The van der Waals surface area contributed by atoms with Crippen LogP contribution in [0.1, 0.15) is 49.9 Å². The second-order valence-corrected chi connectivity index (χ2v) is 6.39. The Bertz CT molecular complexity index is 630. The summed E-state index contributed by atoms with van der Waals surface area (Å²) in [7, 11) is 0. The van der Waals surface area contributed by atoms with E-state index in [1.54, 1.807) is 0 Å². The first kappa shape index (κ1) is 14.5. The van der Waals surface area contributed by atoms with Gasteiger partial charge < -0.3 is 10.3 Å². The van der Waals surface area contributed by atoms with Crippen LogP contribution in [0.2, 0.25) is 5.02 Å². The van der Waals surface area contributed by atoms with E-state index < -0.39 is 5.54 Å². The topological polar surface area (TPSA) is 64.9 Å². The van der Waals surface area contributed by atoms with Crippen molar-refractivity contribution in [3.8, 4) is 11.5 Å². The Morgan fingerprint density at radius 3 is 2.62 bits per heavy atom. The molecule has 21 heavy (non-hydrogen) atoms. The maximum absolute atomic E-state index is 6.53. The number of hydrogen-bond acceptors (Lipinski definition) is 4. The SMILES string of the molecule is Cc1ccc(Cl)cc1-c1nc(C2(N)CCCCCC2)no1. The van der Waals surface area contributed by atoms with Gasteiger partial charge in [-0.15, -0.1) is 0 Å². The summed E-state index contributed by atoms with van der Waals surface area (Å²) in [5.74, 6) is 1.12. The number of aromatic nitrogens is 2. The molecule has 0 spiro atoms. The van der Waals surface area contributed by atoms with Crippen molar-refractivity contribution in [3.63, 3.8) is 0 Å². The second kappa shape index (κ2) is 5.78. The summed E-state index contributed by atoms with van der Waals surface area (Å²) >= 11 is 6.06. The van der Waals surface area contributed by atoms with Crippen LogP contribution >= 0.6 is 11.6 Å². The van der Waals surface area contributed by atoms with Crippen molar-refractivity contribution in [2.24, 2.45) is 5.73 Å². The van der Waals surface area contributed by atoms with Gasteiger partial charge in [-0.3, -0.25) is 0 Å². The average Bonchev–Trinajstić information content (AvgIpc) is 2.86. The molecule has 2 aromatic rings. The zero-order valence-corrected chi connectivity index (χ0v) is 13.0. The van der Waals surface area contributed by atoms with Gasteiger partial charge in [0.1, 0.15) is 0 Å². The van der Waals surface area contributed by atoms with E-state index in [9.17, 15) is 0 Å². The molecule has 1 fully saturated rings. The van der Waals surface area contributed by atoms with E-state index in [4.69, 9.17) is 21.9 Å². The fourth-order valence-corrected chi connectivity index (χ4v) is 3.11. The van der Waals surface area contributed by atoms with Crippen molar-refractivity contribution in [1.29, 1.82) is 0 Å². The number of hydrogen-bond donors (Lipinski definition) is 1. The summed E-state index contributed by atoms with van der Waals surface area (Å²) in [5, 5.41) is 4.81. The summed E-state index contributed by atoms with van der Waals surface area (Å²) in [6, 6.07) is 5.66. The van der Waals surface area contributed by atoms with Gasteiger partial charge in [0.25, 0.3) is 5.89 Å². The quantitative estimate of drug-likeness (QED) is 0.844. The van der Waals surface area contributed by atoms with Crippen molar-refractivity contribution in [2.45, 2.75) is 51.0 Å². The zero-order chi connectivity index (χ0) is 14.9. The van der Waals surface area contributed by atoms with E-state index in [0.717, 1.165) is 36.8 Å². The molecule has 1 aliphatic rings. The summed E-state index contributed by atoms with van der Waals surface area (Å²) in [6.45, 7) is 2.00. The predicted octanol–water partition coefficient (Wildman–Crippen LogP) is 4.21. The molecule has 0 saturated heterocycles. The first-order chi connectivity index (χ1) is 10.1. The maximum Gasteiger partial charge on any atom is 0.258 e. The first-order valence-corrected chi connectivity index (χ1v) is 7.86. The highest BCUT2D eigenvalue weighted by Gasteiger charge is 2.33. The molecular weight excluding hydrogens is 286 g/mol. The van der Waals surface area contributed by atoms with Gasteiger partial charge in [0.05, 0.1) is 5.54 Å². The molecule has 1 heterocycles. The molecule has 0 aliphatic heterocycles. The van der Waals surface area contributed by atoms with Crippen LogP contribution in [0.25, 0.3) is 11.5 Å².